The summed E-state index contributed by atoms with van der Waals surface area (Å²) in [5.74, 6) is -0.357. The number of nitrogens with one attached hydrogen (secondary N) is 1. The van der Waals surface area contributed by atoms with E-state index in [1.165, 1.54) is 5.56 Å². The standard InChI is InChI=1S/C20H18N2O2/c1-12-6-3-4-9-17(12)21-20(24)16-11-22-13(2)10-14-7-5-8-15(18(14)22)19(16)23/h3-9,11,13H,10H2,1-2H3,(H,21,24). The second-order valence-corrected chi connectivity index (χ2v) is 6.41. The van der Waals surface area contributed by atoms with Gasteiger partial charge in [-0.25, -0.2) is 0 Å². The first-order chi connectivity index (χ1) is 11.6. The van der Waals surface area contributed by atoms with Crippen LogP contribution in [0.2, 0.25) is 0 Å². The monoisotopic (exact) mass is 318 g/mol. The summed E-state index contributed by atoms with van der Waals surface area (Å²) in [5, 5.41) is 3.48. The van der Waals surface area contributed by atoms with Crippen LogP contribution in [0.25, 0.3) is 10.9 Å². The van der Waals surface area contributed by atoms with Gasteiger partial charge in [0.05, 0.1) is 5.52 Å². The highest BCUT2D eigenvalue weighted by atomic mass is 16.2. The molecule has 4 rings (SSSR count). The maximum atomic E-state index is 12.8. The number of amides is 1. The van der Waals surface area contributed by atoms with E-state index < -0.39 is 0 Å². The topological polar surface area (TPSA) is 51.1 Å². The van der Waals surface area contributed by atoms with E-state index in [4.69, 9.17) is 0 Å². The molecule has 1 aliphatic heterocycles. The number of aryl methyl sites for hydroxylation is 1. The summed E-state index contributed by atoms with van der Waals surface area (Å²) in [6.07, 6.45) is 2.60. The third kappa shape index (κ3) is 2.14. The lowest BCUT2D eigenvalue weighted by atomic mass is 10.1. The summed E-state index contributed by atoms with van der Waals surface area (Å²) in [5.41, 5.74) is 3.81. The summed E-state index contributed by atoms with van der Waals surface area (Å²) >= 11 is 0. The molecule has 0 saturated heterocycles. The van der Waals surface area contributed by atoms with Crippen molar-refractivity contribution in [2.24, 2.45) is 0 Å². The van der Waals surface area contributed by atoms with Crippen molar-refractivity contribution < 1.29 is 4.79 Å². The van der Waals surface area contributed by atoms with Crippen LogP contribution in [0.4, 0.5) is 5.69 Å². The lowest BCUT2D eigenvalue weighted by Crippen LogP contribution is -2.24. The van der Waals surface area contributed by atoms with Crippen LogP contribution < -0.4 is 10.7 Å². The second-order valence-electron chi connectivity index (χ2n) is 6.41. The van der Waals surface area contributed by atoms with E-state index in [0.717, 1.165) is 23.2 Å². The van der Waals surface area contributed by atoms with Crippen LogP contribution in [0.5, 0.6) is 0 Å². The maximum absolute atomic E-state index is 12.8. The van der Waals surface area contributed by atoms with Crippen LogP contribution >= 0.6 is 0 Å². The zero-order chi connectivity index (χ0) is 16.8. The molecule has 1 amide bonds. The molecule has 0 fully saturated rings. The van der Waals surface area contributed by atoms with Gasteiger partial charge < -0.3 is 9.88 Å². The Morgan fingerprint density at radius 1 is 1.17 bits per heavy atom. The SMILES string of the molecule is Cc1ccccc1NC(=O)c1cn2c3c(cccc3c1=O)CC2C. The molecule has 1 atom stereocenters. The molecule has 0 aliphatic carbocycles. The number of hydrogen-bond acceptors (Lipinski definition) is 2. The molecule has 4 nitrogen and oxygen atoms in total. The molecule has 2 aromatic carbocycles. The van der Waals surface area contributed by atoms with Gasteiger partial charge in [0.15, 0.2) is 0 Å². The first-order valence-electron chi connectivity index (χ1n) is 8.10. The van der Waals surface area contributed by atoms with Crippen LogP contribution in [0.1, 0.15) is 34.5 Å². The van der Waals surface area contributed by atoms with Crippen LogP contribution in [0, 0.1) is 6.92 Å². The summed E-state index contributed by atoms with van der Waals surface area (Å²) in [6, 6.07) is 13.5. The molecule has 1 aliphatic rings. The third-order valence-electron chi connectivity index (χ3n) is 4.76. The number of rotatable bonds is 2. The van der Waals surface area contributed by atoms with Crippen molar-refractivity contribution in [1.29, 1.82) is 0 Å². The van der Waals surface area contributed by atoms with Crippen molar-refractivity contribution in [2.45, 2.75) is 26.3 Å². The lowest BCUT2D eigenvalue weighted by molar-refractivity contribution is 0.102. The Hall–Kier alpha value is -2.88. The van der Waals surface area contributed by atoms with E-state index in [1.807, 2.05) is 37.3 Å². The largest absolute Gasteiger partial charge is 0.343 e. The molecule has 1 unspecified atom stereocenters. The average Bonchev–Trinajstić information content (AvgIpc) is 2.89. The van der Waals surface area contributed by atoms with Crippen LogP contribution in [-0.4, -0.2) is 10.5 Å². The zero-order valence-corrected chi connectivity index (χ0v) is 13.7. The van der Waals surface area contributed by atoms with Crippen LogP contribution in [0.15, 0.2) is 53.5 Å². The molecule has 3 aromatic rings. The normalized spacial score (nSPS) is 15.7. The van der Waals surface area contributed by atoms with Gasteiger partial charge in [0.25, 0.3) is 5.91 Å². The van der Waals surface area contributed by atoms with Crippen molar-refractivity contribution in [3.63, 3.8) is 0 Å². The molecular weight excluding hydrogens is 300 g/mol. The average molecular weight is 318 g/mol. The molecule has 1 aromatic heterocycles. The highest BCUT2D eigenvalue weighted by Gasteiger charge is 2.24. The lowest BCUT2D eigenvalue weighted by Gasteiger charge is -2.13. The van der Waals surface area contributed by atoms with Gasteiger partial charge in [-0.05, 0) is 43.5 Å². The highest BCUT2D eigenvalue weighted by molar-refractivity contribution is 6.06. The fraction of sp³-hybridized carbons (Fsp3) is 0.200. The first-order valence-corrected chi connectivity index (χ1v) is 8.10. The second kappa shape index (κ2) is 5.34. The Morgan fingerprint density at radius 3 is 2.75 bits per heavy atom. The smallest absolute Gasteiger partial charge is 0.261 e. The molecule has 0 spiro atoms. The molecule has 24 heavy (non-hydrogen) atoms. The Morgan fingerprint density at radius 2 is 1.96 bits per heavy atom. The van der Waals surface area contributed by atoms with Crippen LogP contribution in [-0.2, 0) is 6.42 Å². The molecule has 0 saturated carbocycles. The molecule has 120 valence electrons. The van der Waals surface area contributed by atoms with Gasteiger partial charge in [-0.3, -0.25) is 9.59 Å². The molecule has 0 radical (unpaired) electrons. The number of anilines is 1. The zero-order valence-electron chi connectivity index (χ0n) is 13.7. The third-order valence-corrected chi connectivity index (χ3v) is 4.76. The summed E-state index contributed by atoms with van der Waals surface area (Å²) in [4.78, 5) is 25.5. The summed E-state index contributed by atoms with van der Waals surface area (Å²) < 4.78 is 2.05. The van der Waals surface area contributed by atoms with E-state index in [0.29, 0.717) is 5.39 Å². The Labute approximate surface area is 139 Å². The number of carbonyl (C=O) groups is 1. The minimum Gasteiger partial charge on any atom is -0.343 e. The fourth-order valence-corrected chi connectivity index (χ4v) is 3.48. The van der Waals surface area contributed by atoms with Crippen molar-refractivity contribution in [2.75, 3.05) is 5.32 Å². The minimum atomic E-state index is -0.357. The van der Waals surface area contributed by atoms with E-state index in [1.54, 1.807) is 12.3 Å². The summed E-state index contributed by atoms with van der Waals surface area (Å²) in [6.45, 7) is 4.03. The van der Waals surface area contributed by atoms with Crippen molar-refractivity contribution in [1.82, 2.24) is 4.57 Å². The Balaban J connectivity index is 1.84. The van der Waals surface area contributed by atoms with Crippen LogP contribution in [0.3, 0.4) is 0 Å². The number of aromatic nitrogens is 1. The van der Waals surface area contributed by atoms with Gasteiger partial charge in [0.2, 0.25) is 5.43 Å². The van der Waals surface area contributed by atoms with Crippen molar-refractivity contribution >= 4 is 22.5 Å². The van der Waals surface area contributed by atoms with Crippen molar-refractivity contribution in [3.8, 4) is 0 Å². The van der Waals surface area contributed by atoms with Crippen molar-refractivity contribution in [3.05, 3.63) is 75.6 Å². The predicted molar refractivity (Wildman–Crippen MR) is 95.8 cm³/mol. The molecule has 4 heteroatoms. The fourth-order valence-electron chi connectivity index (χ4n) is 3.48. The Kier molecular flexibility index (Phi) is 3.27. The van der Waals surface area contributed by atoms with E-state index in [-0.39, 0.29) is 22.9 Å². The number of pyridine rings is 1. The van der Waals surface area contributed by atoms with Gasteiger partial charge >= 0.3 is 0 Å². The number of nitrogens with zero attached hydrogens (tertiary/aromatic N) is 1. The van der Waals surface area contributed by atoms with E-state index in [2.05, 4.69) is 22.9 Å². The van der Waals surface area contributed by atoms with Gasteiger partial charge in [0.1, 0.15) is 5.56 Å². The summed E-state index contributed by atoms with van der Waals surface area (Å²) in [7, 11) is 0. The van der Waals surface area contributed by atoms with Gasteiger partial charge in [-0.2, -0.15) is 0 Å². The number of hydrogen-bond donors (Lipinski definition) is 1. The maximum Gasteiger partial charge on any atom is 0.261 e. The minimum absolute atomic E-state index is 0.191. The number of carbonyl (C=O) groups excluding carboxylic acids is 1. The quantitative estimate of drug-likeness (QED) is 0.783. The molecule has 2 heterocycles. The predicted octanol–water partition coefficient (Wildman–Crippen LogP) is 3.68. The molecule has 1 N–H and O–H groups in total. The van der Waals surface area contributed by atoms with Gasteiger partial charge in [-0.1, -0.05) is 30.3 Å². The van der Waals surface area contributed by atoms with Gasteiger partial charge in [-0.15, -0.1) is 0 Å². The Bertz CT molecular complexity index is 1030. The number of para-hydroxylation sites is 2. The number of benzene rings is 2. The first kappa shape index (κ1) is 14.7. The molecular formula is C20H18N2O2. The molecule has 0 bridgehead atoms. The van der Waals surface area contributed by atoms with E-state index >= 15 is 0 Å². The van der Waals surface area contributed by atoms with E-state index in [9.17, 15) is 9.59 Å². The highest BCUT2D eigenvalue weighted by Crippen LogP contribution is 2.31. The van der Waals surface area contributed by atoms with Gasteiger partial charge in [0, 0.05) is 23.3 Å².